The lowest BCUT2D eigenvalue weighted by Crippen LogP contribution is -2.27. The van der Waals surface area contributed by atoms with Crippen LogP contribution < -0.4 is 0 Å². The van der Waals surface area contributed by atoms with Crippen molar-refractivity contribution in [3.05, 3.63) is 12.8 Å². The number of hydrogen-bond acceptors (Lipinski definition) is 9. The number of hydrogen-bond donors (Lipinski definition) is 0. The van der Waals surface area contributed by atoms with Crippen LogP contribution in [0.15, 0.2) is 12.8 Å². The van der Waals surface area contributed by atoms with Crippen LogP contribution in [0, 0.1) is 0 Å². The molecule has 0 heterocycles. The molecule has 0 aliphatic carbocycles. The Hall–Kier alpha value is -0.563. The van der Waals surface area contributed by atoms with Crippen LogP contribution in [0.5, 0.6) is 0 Å². The Morgan fingerprint density at radius 2 is 0.710 bits per heavy atom. The average Bonchev–Trinajstić information content (AvgIpc) is 2.73. The van der Waals surface area contributed by atoms with E-state index >= 15 is 0 Å². The van der Waals surface area contributed by atoms with E-state index in [1.165, 1.54) is 6.26 Å². The van der Waals surface area contributed by atoms with Gasteiger partial charge in [-0.3, -0.25) is 0 Å². The first-order valence-corrected chi connectivity index (χ1v) is 14.4. The van der Waals surface area contributed by atoms with Crippen molar-refractivity contribution < 1.29 is 42.3 Å². The Morgan fingerprint density at radius 1 is 0.452 bits per heavy atom. The van der Waals surface area contributed by atoms with E-state index in [1.807, 2.05) is 0 Å². The highest BCUT2D eigenvalue weighted by Gasteiger charge is 2.12. The second-order valence-electron chi connectivity index (χ2n) is 7.28. The van der Waals surface area contributed by atoms with Gasteiger partial charge in [0.1, 0.15) is 6.61 Å². The highest BCUT2D eigenvalue weighted by molar-refractivity contribution is 6.69. The molecule has 0 aliphatic heterocycles. The summed E-state index contributed by atoms with van der Waals surface area (Å²) in [6.45, 7) is 18.7. The molecule has 0 atom stereocenters. The zero-order valence-electron chi connectivity index (χ0n) is 19.8. The van der Waals surface area contributed by atoms with Gasteiger partial charge < -0.3 is 42.3 Å². The van der Waals surface area contributed by atoms with Crippen molar-refractivity contribution in [1.29, 1.82) is 0 Å². The Bertz CT molecular complexity index is 367. The molecule has 0 fully saturated rings. The average molecular weight is 469 g/mol. The van der Waals surface area contributed by atoms with Gasteiger partial charge in [-0.1, -0.05) is 6.58 Å². The Labute approximate surface area is 189 Å². The van der Waals surface area contributed by atoms with Crippen LogP contribution in [0.4, 0.5) is 0 Å². The van der Waals surface area contributed by atoms with Gasteiger partial charge in [0.2, 0.25) is 0 Å². The fourth-order valence-electron chi connectivity index (χ4n) is 2.02. The molecule has 0 unspecified atom stereocenters. The van der Waals surface area contributed by atoms with Gasteiger partial charge in [-0.2, -0.15) is 0 Å². The summed E-state index contributed by atoms with van der Waals surface area (Å²) in [5.41, 5.74) is 0. The van der Waals surface area contributed by atoms with Crippen LogP contribution in [-0.4, -0.2) is 114 Å². The minimum atomic E-state index is -1.44. The van der Waals surface area contributed by atoms with E-state index in [-0.39, 0.29) is 0 Å². The summed E-state index contributed by atoms with van der Waals surface area (Å²) in [6, 6.07) is 0. The summed E-state index contributed by atoms with van der Waals surface area (Å²) in [4.78, 5) is 0. The monoisotopic (exact) mass is 468 g/mol. The summed E-state index contributed by atoms with van der Waals surface area (Å²) < 4.78 is 48.5. The van der Waals surface area contributed by atoms with Crippen molar-refractivity contribution >= 4 is 8.32 Å². The maximum atomic E-state index is 5.70. The molecule has 0 spiro atoms. The van der Waals surface area contributed by atoms with E-state index in [0.29, 0.717) is 106 Å². The standard InChI is InChI=1S/C21H44O9Si/c1-5-22-6-7-23-8-9-24-10-11-25-12-13-26-14-15-27-16-17-28-18-19-29-20-21-30-31(2,3)4/h5H,1,6-21H2,2-4H3. The third-order valence-electron chi connectivity index (χ3n) is 3.46. The molecule has 0 amide bonds. The first-order chi connectivity index (χ1) is 15.1. The maximum Gasteiger partial charge on any atom is 0.183 e. The Balaban J connectivity index is 3.03. The summed E-state index contributed by atoms with van der Waals surface area (Å²) in [5, 5.41) is 0. The molecule has 0 radical (unpaired) electrons. The van der Waals surface area contributed by atoms with E-state index in [0.717, 1.165) is 0 Å². The van der Waals surface area contributed by atoms with Crippen LogP contribution in [0.2, 0.25) is 19.6 Å². The SMILES string of the molecule is C=COCCOCCOCCOCCOCCOCCOCCOCCO[Si](C)(C)C. The third kappa shape index (κ3) is 29.4. The predicted molar refractivity (Wildman–Crippen MR) is 121 cm³/mol. The molecule has 31 heavy (non-hydrogen) atoms. The molecule has 0 aromatic carbocycles. The smallest absolute Gasteiger partial charge is 0.183 e. The fourth-order valence-corrected chi connectivity index (χ4v) is 2.71. The van der Waals surface area contributed by atoms with E-state index in [9.17, 15) is 0 Å². The van der Waals surface area contributed by atoms with Crippen LogP contribution in [0.3, 0.4) is 0 Å². The molecule has 0 bridgehead atoms. The van der Waals surface area contributed by atoms with E-state index in [1.54, 1.807) is 0 Å². The molecule has 10 heteroatoms. The van der Waals surface area contributed by atoms with E-state index in [2.05, 4.69) is 26.2 Å². The van der Waals surface area contributed by atoms with Gasteiger partial charge in [-0.25, -0.2) is 0 Å². The minimum absolute atomic E-state index is 0.510. The lowest BCUT2D eigenvalue weighted by Gasteiger charge is -2.16. The summed E-state index contributed by atoms with van der Waals surface area (Å²) in [5.74, 6) is 0. The highest BCUT2D eigenvalue weighted by Crippen LogP contribution is 2.01. The van der Waals surface area contributed by atoms with E-state index in [4.69, 9.17) is 42.3 Å². The third-order valence-corrected chi connectivity index (χ3v) is 4.53. The van der Waals surface area contributed by atoms with Crippen LogP contribution in [0.1, 0.15) is 0 Å². The molecule has 0 aromatic rings. The number of ether oxygens (including phenoxy) is 8. The Kier molecular flexibility index (Phi) is 23.6. The number of rotatable bonds is 26. The van der Waals surface area contributed by atoms with E-state index < -0.39 is 8.32 Å². The lowest BCUT2D eigenvalue weighted by atomic mass is 10.6. The van der Waals surface area contributed by atoms with Crippen molar-refractivity contribution in [2.24, 2.45) is 0 Å². The van der Waals surface area contributed by atoms with Gasteiger partial charge in [0, 0.05) is 0 Å². The Morgan fingerprint density at radius 3 is 0.968 bits per heavy atom. The van der Waals surface area contributed by atoms with Gasteiger partial charge in [-0.05, 0) is 19.6 Å². The molecule has 0 aromatic heterocycles. The van der Waals surface area contributed by atoms with Crippen LogP contribution >= 0.6 is 0 Å². The van der Waals surface area contributed by atoms with Crippen LogP contribution in [-0.2, 0) is 42.3 Å². The molecular weight excluding hydrogens is 424 g/mol. The lowest BCUT2D eigenvalue weighted by molar-refractivity contribution is -0.0223. The first-order valence-electron chi connectivity index (χ1n) is 11.0. The predicted octanol–water partition coefficient (Wildman–Crippen LogP) is 2.11. The van der Waals surface area contributed by atoms with Crippen LogP contribution in [0.25, 0.3) is 0 Å². The summed E-state index contributed by atoms with van der Waals surface area (Å²) >= 11 is 0. The quantitative estimate of drug-likeness (QED) is 0.108. The second kappa shape index (κ2) is 24.1. The summed E-state index contributed by atoms with van der Waals surface area (Å²) in [6.07, 6.45) is 1.40. The van der Waals surface area contributed by atoms with Gasteiger partial charge in [0.25, 0.3) is 0 Å². The van der Waals surface area contributed by atoms with Crippen molar-refractivity contribution in [3.63, 3.8) is 0 Å². The van der Waals surface area contributed by atoms with Gasteiger partial charge in [-0.15, -0.1) is 0 Å². The van der Waals surface area contributed by atoms with Gasteiger partial charge >= 0.3 is 0 Å². The summed E-state index contributed by atoms with van der Waals surface area (Å²) in [7, 11) is -1.44. The molecule has 0 N–H and O–H groups in total. The van der Waals surface area contributed by atoms with Gasteiger partial charge in [0.15, 0.2) is 8.32 Å². The highest BCUT2D eigenvalue weighted by atomic mass is 28.4. The largest absolute Gasteiger partial charge is 0.499 e. The molecule has 0 saturated carbocycles. The molecular formula is C21H44O9Si. The molecule has 0 saturated heterocycles. The fraction of sp³-hybridized carbons (Fsp3) is 0.905. The topological polar surface area (TPSA) is 83.1 Å². The first kappa shape index (κ1) is 30.4. The molecule has 0 aliphatic rings. The normalized spacial score (nSPS) is 11.7. The molecule has 186 valence electrons. The van der Waals surface area contributed by atoms with Crippen molar-refractivity contribution in [1.82, 2.24) is 0 Å². The van der Waals surface area contributed by atoms with Crippen molar-refractivity contribution in [2.45, 2.75) is 19.6 Å². The molecule has 0 rings (SSSR count). The van der Waals surface area contributed by atoms with Gasteiger partial charge in [0.05, 0.1) is 105 Å². The zero-order chi connectivity index (χ0) is 22.9. The minimum Gasteiger partial charge on any atom is -0.499 e. The second-order valence-corrected chi connectivity index (χ2v) is 11.8. The maximum absolute atomic E-state index is 5.70. The zero-order valence-corrected chi connectivity index (χ0v) is 20.8. The van der Waals surface area contributed by atoms with Crippen molar-refractivity contribution in [2.75, 3.05) is 106 Å². The molecule has 9 nitrogen and oxygen atoms in total. The van der Waals surface area contributed by atoms with Crippen molar-refractivity contribution in [3.8, 4) is 0 Å².